The summed E-state index contributed by atoms with van der Waals surface area (Å²) in [4.78, 5) is 2.47. The van der Waals surface area contributed by atoms with Crippen molar-refractivity contribution in [3.8, 4) is 5.75 Å². The molecule has 17 heavy (non-hydrogen) atoms. The molecule has 0 saturated carbocycles. The highest BCUT2D eigenvalue weighted by atomic mass is 16.5. The van der Waals surface area contributed by atoms with Crippen LogP contribution in [0, 0.1) is 0 Å². The first-order valence-electron chi connectivity index (χ1n) is 6.32. The normalized spacial score (nSPS) is 17.1. The van der Waals surface area contributed by atoms with Crippen molar-refractivity contribution in [1.29, 1.82) is 0 Å². The summed E-state index contributed by atoms with van der Waals surface area (Å²) < 4.78 is 5.39. The zero-order valence-electron chi connectivity index (χ0n) is 10.5. The van der Waals surface area contributed by atoms with Gasteiger partial charge in [0.15, 0.2) is 0 Å². The summed E-state index contributed by atoms with van der Waals surface area (Å²) in [6.07, 6.45) is 3.96. The van der Waals surface area contributed by atoms with E-state index in [-0.39, 0.29) is 6.61 Å². The average molecular weight is 235 g/mol. The summed E-state index contributed by atoms with van der Waals surface area (Å²) >= 11 is 0. The first-order valence-corrected chi connectivity index (χ1v) is 6.32. The lowest BCUT2D eigenvalue weighted by atomic mass is 10.1. The van der Waals surface area contributed by atoms with Crippen LogP contribution in [0.25, 0.3) is 0 Å². The molecule has 1 saturated heterocycles. The van der Waals surface area contributed by atoms with Crippen LogP contribution in [-0.4, -0.2) is 30.2 Å². The molecule has 1 N–H and O–H groups in total. The fourth-order valence-corrected chi connectivity index (χ4v) is 2.38. The van der Waals surface area contributed by atoms with Crippen molar-refractivity contribution in [2.75, 3.05) is 20.2 Å². The number of methoxy groups -OCH3 is 1. The Morgan fingerprint density at radius 1 is 1.24 bits per heavy atom. The van der Waals surface area contributed by atoms with Crippen molar-refractivity contribution in [2.45, 2.75) is 32.4 Å². The minimum absolute atomic E-state index is 0.0698. The van der Waals surface area contributed by atoms with Crippen LogP contribution in [0.3, 0.4) is 0 Å². The standard InChI is InChI=1S/C14H21NO2/c1-17-14-9-12(11-16)5-6-13(14)10-15-7-3-2-4-8-15/h5-6,9,16H,2-4,7-8,10-11H2,1H3. The van der Waals surface area contributed by atoms with E-state index in [1.54, 1.807) is 7.11 Å². The highest BCUT2D eigenvalue weighted by molar-refractivity contribution is 5.37. The van der Waals surface area contributed by atoms with E-state index in [1.165, 1.54) is 37.9 Å². The minimum atomic E-state index is 0.0698. The Morgan fingerprint density at radius 3 is 2.65 bits per heavy atom. The van der Waals surface area contributed by atoms with Gasteiger partial charge in [0.05, 0.1) is 13.7 Å². The number of likely N-dealkylation sites (tertiary alicyclic amines) is 1. The zero-order chi connectivity index (χ0) is 12.1. The summed E-state index contributed by atoms with van der Waals surface area (Å²) in [5, 5.41) is 9.10. The molecule has 0 spiro atoms. The van der Waals surface area contributed by atoms with Gasteiger partial charge in [-0.05, 0) is 37.6 Å². The predicted octanol–water partition coefficient (Wildman–Crippen LogP) is 2.17. The number of nitrogens with zero attached hydrogens (tertiary/aromatic N) is 1. The van der Waals surface area contributed by atoms with Gasteiger partial charge in [0.25, 0.3) is 0 Å². The van der Waals surface area contributed by atoms with E-state index in [4.69, 9.17) is 9.84 Å². The molecule has 3 nitrogen and oxygen atoms in total. The fourth-order valence-electron chi connectivity index (χ4n) is 2.38. The van der Waals surface area contributed by atoms with Gasteiger partial charge in [0.2, 0.25) is 0 Å². The third kappa shape index (κ3) is 3.20. The third-order valence-electron chi connectivity index (χ3n) is 3.38. The Kier molecular flexibility index (Phi) is 4.40. The third-order valence-corrected chi connectivity index (χ3v) is 3.38. The minimum Gasteiger partial charge on any atom is -0.496 e. The lowest BCUT2D eigenvalue weighted by Crippen LogP contribution is -2.29. The van der Waals surface area contributed by atoms with Crippen LogP contribution in [-0.2, 0) is 13.2 Å². The predicted molar refractivity (Wildman–Crippen MR) is 68.0 cm³/mol. The van der Waals surface area contributed by atoms with Crippen molar-refractivity contribution in [1.82, 2.24) is 4.90 Å². The first kappa shape index (κ1) is 12.4. The average Bonchev–Trinajstić information content (AvgIpc) is 2.40. The molecule has 1 fully saturated rings. The second-order valence-corrected chi connectivity index (χ2v) is 4.64. The number of ether oxygens (including phenoxy) is 1. The molecule has 0 radical (unpaired) electrons. The highest BCUT2D eigenvalue weighted by Gasteiger charge is 2.13. The molecule has 0 aromatic heterocycles. The Hall–Kier alpha value is -1.06. The molecule has 0 bridgehead atoms. The second-order valence-electron chi connectivity index (χ2n) is 4.64. The van der Waals surface area contributed by atoms with Crippen LogP contribution >= 0.6 is 0 Å². The van der Waals surface area contributed by atoms with Crippen LogP contribution in [0.15, 0.2) is 18.2 Å². The van der Waals surface area contributed by atoms with E-state index in [9.17, 15) is 0 Å². The van der Waals surface area contributed by atoms with Gasteiger partial charge in [-0.1, -0.05) is 18.6 Å². The Bertz CT molecular complexity index is 359. The highest BCUT2D eigenvalue weighted by Crippen LogP contribution is 2.23. The molecule has 0 aliphatic carbocycles. The Morgan fingerprint density at radius 2 is 2.00 bits per heavy atom. The maximum absolute atomic E-state index is 9.10. The van der Waals surface area contributed by atoms with Gasteiger partial charge in [-0.3, -0.25) is 4.90 Å². The van der Waals surface area contributed by atoms with Crippen molar-refractivity contribution in [3.63, 3.8) is 0 Å². The lowest BCUT2D eigenvalue weighted by molar-refractivity contribution is 0.218. The molecule has 1 aliphatic heterocycles. The molecule has 0 unspecified atom stereocenters. The van der Waals surface area contributed by atoms with E-state index in [0.29, 0.717) is 0 Å². The molecular formula is C14H21NO2. The van der Waals surface area contributed by atoms with Crippen LogP contribution in [0.4, 0.5) is 0 Å². The van der Waals surface area contributed by atoms with Gasteiger partial charge in [-0.2, -0.15) is 0 Å². The van der Waals surface area contributed by atoms with Crippen LogP contribution in [0.5, 0.6) is 5.75 Å². The molecule has 0 amide bonds. The van der Waals surface area contributed by atoms with E-state index >= 15 is 0 Å². The topological polar surface area (TPSA) is 32.7 Å². The molecule has 1 aromatic rings. The monoisotopic (exact) mass is 235 g/mol. The van der Waals surface area contributed by atoms with Crippen LogP contribution in [0.1, 0.15) is 30.4 Å². The summed E-state index contributed by atoms with van der Waals surface area (Å²) in [7, 11) is 1.69. The molecule has 2 rings (SSSR count). The molecule has 1 heterocycles. The van der Waals surface area contributed by atoms with Gasteiger partial charge in [0.1, 0.15) is 5.75 Å². The lowest BCUT2D eigenvalue weighted by Gasteiger charge is -2.27. The quantitative estimate of drug-likeness (QED) is 0.868. The van der Waals surface area contributed by atoms with Crippen molar-refractivity contribution in [3.05, 3.63) is 29.3 Å². The molecule has 1 aliphatic rings. The first-order chi connectivity index (χ1) is 8.33. The summed E-state index contributed by atoms with van der Waals surface area (Å²) in [6, 6.07) is 5.97. The Labute approximate surface area is 103 Å². The molecule has 1 aromatic carbocycles. The van der Waals surface area contributed by atoms with Crippen molar-refractivity contribution >= 4 is 0 Å². The van der Waals surface area contributed by atoms with Gasteiger partial charge in [0, 0.05) is 12.1 Å². The van der Waals surface area contributed by atoms with E-state index in [1.807, 2.05) is 12.1 Å². The van der Waals surface area contributed by atoms with Crippen LogP contribution in [0.2, 0.25) is 0 Å². The summed E-state index contributed by atoms with van der Waals surface area (Å²) in [5.41, 5.74) is 2.12. The number of aliphatic hydroxyl groups excluding tert-OH is 1. The molecule has 94 valence electrons. The van der Waals surface area contributed by atoms with E-state index in [0.717, 1.165) is 17.9 Å². The molecule has 3 heteroatoms. The van der Waals surface area contributed by atoms with Crippen molar-refractivity contribution < 1.29 is 9.84 Å². The van der Waals surface area contributed by atoms with Crippen LogP contribution < -0.4 is 4.74 Å². The zero-order valence-corrected chi connectivity index (χ0v) is 10.5. The number of hydrogen-bond acceptors (Lipinski definition) is 3. The van der Waals surface area contributed by atoms with E-state index < -0.39 is 0 Å². The van der Waals surface area contributed by atoms with Gasteiger partial charge in [-0.15, -0.1) is 0 Å². The number of rotatable bonds is 4. The number of hydrogen-bond donors (Lipinski definition) is 1. The van der Waals surface area contributed by atoms with Gasteiger partial charge < -0.3 is 9.84 Å². The second kappa shape index (κ2) is 6.03. The summed E-state index contributed by atoms with van der Waals surface area (Å²) in [5.74, 6) is 0.891. The molecular weight excluding hydrogens is 214 g/mol. The fraction of sp³-hybridized carbons (Fsp3) is 0.571. The SMILES string of the molecule is COc1cc(CO)ccc1CN1CCCCC1. The number of piperidine rings is 1. The Balaban J connectivity index is 2.08. The molecule has 0 atom stereocenters. The smallest absolute Gasteiger partial charge is 0.123 e. The van der Waals surface area contributed by atoms with Gasteiger partial charge in [-0.25, -0.2) is 0 Å². The maximum atomic E-state index is 9.10. The van der Waals surface area contributed by atoms with E-state index in [2.05, 4.69) is 11.0 Å². The van der Waals surface area contributed by atoms with Gasteiger partial charge >= 0.3 is 0 Å². The van der Waals surface area contributed by atoms with Crippen molar-refractivity contribution in [2.24, 2.45) is 0 Å². The maximum Gasteiger partial charge on any atom is 0.123 e. The number of aliphatic hydroxyl groups is 1. The summed E-state index contributed by atoms with van der Waals surface area (Å²) in [6.45, 7) is 3.39. The largest absolute Gasteiger partial charge is 0.496 e. The number of benzene rings is 1.